The van der Waals surface area contributed by atoms with Gasteiger partial charge < -0.3 is 14.6 Å². The zero-order valence-electron chi connectivity index (χ0n) is 12.3. The van der Waals surface area contributed by atoms with Crippen molar-refractivity contribution >= 4 is 5.78 Å². The average Bonchev–Trinajstić information content (AvgIpc) is 2.45. The van der Waals surface area contributed by atoms with Gasteiger partial charge in [-0.2, -0.15) is 0 Å². The van der Waals surface area contributed by atoms with Gasteiger partial charge in [-0.25, -0.2) is 0 Å². The summed E-state index contributed by atoms with van der Waals surface area (Å²) in [7, 11) is 0. The van der Waals surface area contributed by atoms with Gasteiger partial charge in [-0.05, 0) is 44.4 Å². The number of Topliss-reactive ketones (excluding diaryl/α,β-unsaturated/α-hetero) is 1. The molecule has 2 unspecified atom stereocenters. The van der Waals surface area contributed by atoms with Crippen molar-refractivity contribution in [3.63, 3.8) is 0 Å². The fourth-order valence-electron chi connectivity index (χ4n) is 1.77. The van der Waals surface area contributed by atoms with Crippen LogP contribution < -0.4 is 0 Å². The molecule has 2 atom stereocenters. The first-order chi connectivity index (χ1) is 9.50. The molecule has 0 saturated carbocycles. The van der Waals surface area contributed by atoms with Crippen LogP contribution in [0.15, 0.2) is 36.1 Å². The molecule has 1 aliphatic carbocycles. The number of carbonyl (C=O) groups excluding carboxylic acids is 1. The molecule has 112 valence electrons. The molecule has 0 spiro atoms. The van der Waals surface area contributed by atoms with E-state index in [1.807, 2.05) is 12.2 Å². The molecule has 0 saturated heterocycles. The van der Waals surface area contributed by atoms with Crippen molar-refractivity contribution in [1.82, 2.24) is 0 Å². The van der Waals surface area contributed by atoms with Gasteiger partial charge in [0.15, 0.2) is 5.78 Å². The molecule has 0 aromatic rings. The molecule has 0 fully saturated rings. The van der Waals surface area contributed by atoms with Crippen LogP contribution in [0.1, 0.15) is 33.1 Å². The highest BCUT2D eigenvalue weighted by atomic mass is 16.5. The first-order valence-corrected chi connectivity index (χ1v) is 6.99. The van der Waals surface area contributed by atoms with E-state index in [0.717, 1.165) is 18.6 Å². The van der Waals surface area contributed by atoms with Crippen LogP contribution in [0.25, 0.3) is 0 Å². The Bertz CT molecular complexity index is 395. The average molecular weight is 280 g/mol. The summed E-state index contributed by atoms with van der Waals surface area (Å²) in [4.78, 5) is 11.5. The molecular weight excluding hydrogens is 256 g/mol. The molecule has 4 heteroatoms. The van der Waals surface area contributed by atoms with E-state index in [2.05, 4.69) is 12.7 Å². The maximum atomic E-state index is 11.5. The predicted molar refractivity (Wildman–Crippen MR) is 78.3 cm³/mol. The van der Waals surface area contributed by atoms with Crippen LogP contribution in [-0.2, 0) is 14.3 Å². The van der Waals surface area contributed by atoms with Crippen molar-refractivity contribution in [2.75, 3.05) is 13.2 Å². The van der Waals surface area contributed by atoms with Crippen molar-refractivity contribution in [3.05, 3.63) is 36.1 Å². The molecule has 0 heterocycles. The topological polar surface area (TPSA) is 55.8 Å². The van der Waals surface area contributed by atoms with E-state index in [0.29, 0.717) is 18.6 Å². The summed E-state index contributed by atoms with van der Waals surface area (Å²) >= 11 is 0. The number of hydrogen-bond acceptors (Lipinski definition) is 4. The van der Waals surface area contributed by atoms with Gasteiger partial charge in [0.2, 0.25) is 0 Å². The van der Waals surface area contributed by atoms with E-state index in [-0.39, 0.29) is 12.4 Å². The van der Waals surface area contributed by atoms with Gasteiger partial charge in [0.1, 0.15) is 11.9 Å². The second kappa shape index (κ2) is 8.72. The predicted octanol–water partition coefficient (Wildman–Crippen LogP) is 2.54. The number of hydrogen-bond donors (Lipinski definition) is 1. The summed E-state index contributed by atoms with van der Waals surface area (Å²) in [6.45, 7) is 7.45. The smallest absolute Gasteiger partial charge is 0.186 e. The van der Waals surface area contributed by atoms with Crippen LogP contribution in [0.5, 0.6) is 0 Å². The lowest BCUT2D eigenvalue weighted by atomic mass is 10.1. The fourth-order valence-corrected chi connectivity index (χ4v) is 1.77. The third-order valence-corrected chi connectivity index (χ3v) is 3.01. The molecular formula is C16H24O4. The minimum absolute atomic E-state index is 0.123. The molecule has 0 aromatic heterocycles. The lowest BCUT2D eigenvalue weighted by Crippen LogP contribution is -2.27. The minimum atomic E-state index is -0.636. The van der Waals surface area contributed by atoms with Crippen molar-refractivity contribution in [3.8, 4) is 0 Å². The van der Waals surface area contributed by atoms with E-state index in [4.69, 9.17) is 9.47 Å². The van der Waals surface area contributed by atoms with Gasteiger partial charge >= 0.3 is 0 Å². The lowest BCUT2D eigenvalue weighted by Gasteiger charge is -2.16. The number of ketones is 1. The number of ether oxygens (including phenoxy) is 2. The Morgan fingerprint density at radius 2 is 2.25 bits per heavy atom. The van der Waals surface area contributed by atoms with Crippen LogP contribution in [0.2, 0.25) is 0 Å². The third kappa shape index (κ3) is 6.17. The monoisotopic (exact) mass is 280 g/mol. The second-order valence-electron chi connectivity index (χ2n) is 5.00. The quantitative estimate of drug-likeness (QED) is 0.659. The van der Waals surface area contributed by atoms with Gasteiger partial charge in [0, 0.05) is 6.42 Å². The normalized spacial score (nSPS) is 17.2. The second-order valence-corrected chi connectivity index (χ2v) is 5.00. The summed E-state index contributed by atoms with van der Waals surface area (Å²) in [5.74, 6) is 0.723. The number of aliphatic hydroxyl groups excluding tert-OH is 1. The lowest BCUT2D eigenvalue weighted by molar-refractivity contribution is -0.127. The summed E-state index contributed by atoms with van der Waals surface area (Å²) in [5, 5.41) is 9.77. The number of rotatable bonds is 9. The van der Waals surface area contributed by atoms with E-state index in [1.54, 1.807) is 13.8 Å². The summed E-state index contributed by atoms with van der Waals surface area (Å²) in [5.41, 5.74) is 0.464. The van der Waals surface area contributed by atoms with Crippen molar-refractivity contribution in [2.24, 2.45) is 0 Å². The van der Waals surface area contributed by atoms with Crippen LogP contribution in [0.4, 0.5) is 0 Å². The standard InChI is InChI=1S/C16H24O4/c1-12(2)16(18)13(3)20-11-14(17)9-10-19-15-7-5-4-6-8-15/h5,7-8,13-14,17H,1,4,6,9-11H2,2-3H3. The molecule has 0 amide bonds. The maximum Gasteiger partial charge on any atom is 0.186 e. The molecule has 0 aliphatic heterocycles. The fraction of sp³-hybridized carbons (Fsp3) is 0.562. The Kier molecular flexibility index (Phi) is 7.26. The van der Waals surface area contributed by atoms with E-state index in [9.17, 15) is 9.90 Å². The molecule has 1 rings (SSSR count). The molecule has 1 N–H and O–H groups in total. The van der Waals surface area contributed by atoms with Crippen molar-refractivity contribution in [2.45, 2.75) is 45.3 Å². The molecule has 0 radical (unpaired) electrons. The highest BCUT2D eigenvalue weighted by Crippen LogP contribution is 2.11. The van der Waals surface area contributed by atoms with Gasteiger partial charge in [-0.15, -0.1) is 0 Å². The Hall–Kier alpha value is -1.39. The van der Waals surface area contributed by atoms with E-state index >= 15 is 0 Å². The Labute approximate surface area is 120 Å². The van der Waals surface area contributed by atoms with Gasteiger partial charge in [0.25, 0.3) is 0 Å². The van der Waals surface area contributed by atoms with E-state index in [1.165, 1.54) is 0 Å². The molecule has 20 heavy (non-hydrogen) atoms. The molecule has 0 bridgehead atoms. The van der Waals surface area contributed by atoms with Gasteiger partial charge in [-0.3, -0.25) is 4.79 Å². The van der Waals surface area contributed by atoms with Crippen molar-refractivity contribution in [1.29, 1.82) is 0 Å². The first kappa shape index (κ1) is 16.7. The zero-order chi connectivity index (χ0) is 15.0. The zero-order valence-corrected chi connectivity index (χ0v) is 12.3. The Morgan fingerprint density at radius 1 is 1.50 bits per heavy atom. The first-order valence-electron chi connectivity index (χ1n) is 6.99. The number of carbonyl (C=O) groups is 1. The molecule has 4 nitrogen and oxygen atoms in total. The van der Waals surface area contributed by atoms with Gasteiger partial charge in [0.05, 0.1) is 19.3 Å². The SMILES string of the molecule is C=C(C)C(=O)C(C)OCC(O)CCOC1=CCCC=C1. The highest BCUT2D eigenvalue weighted by Gasteiger charge is 2.15. The van der Waals surface area contributed by atoms with Crippen LogP contribution >= 0.6 is 0 Å². The summed E-state index contributed by atoms with van der Waals surface area (Å²) in [6, 6.07) is 0. The number of aliphatic hydroxyl groups is 1. The van der Waals surface area contributed by atoms with Crippen LogP contribution in [0, 0.1) is 0 Å². The van der Waals surface area contributed by atoms with E-state index < -0.39 is 12.2 Å². The summed E-state index contributed by atoms with van der Waals surface area (Å²) < 4.78 is 10.8. The third-order valence-electron chi connectivity index (χ3n) is 3.01. The van der Waals surface area contributed by atoms with Gasteiger partial charge in [-0.1, -0.05) is 12.7 Å². The molecule has 1 aliphatic rings. The van der Waals surface area contributed by atoms with Crippen molar-refractivity contribution < 1.29 is 19.4 Å². The molecule has 0 aromatic carbocycles. The summed E-state index contributed by atoms with van der Waals surface area (Å²) in [6.07, 6.45) is 7.38. The largest absolute Gasteiger partial charge is 0.494 e. The van der Waals surface area contributed by atoms with Crippen LogP contribution in [0.3, 0.4) is 0 Å². The van der Waals surface area contributed by atoms with Crippen LogP contribution in [-0.4, -0.2) is 36.3 Å². The minimum Gasteiger partial charge on any atom is -0.494 e. The maximum absolute atomic E-state index is 11.5. The number of allylic oxidation sites excluding steroid dienone is 3. The Balaban J connectivity index is 2.15. The highest BCUT2D eigenvalue weighted by molar-refractivity contribution is 5.97. The Morgan fingerprint density at radius 3 is 2.85 bits per heavy atom.